The van der Waals surface area contributed by atoms with Crippen LogP contribution >= 0.6 is 11.3 Å². The number of halogens is 1. The van der Waals surface area contributed by atoms with Crippen molar-refractivity contribution in [2.75, 3.05) is 5.32 Å². The summed E-state index contributed by atoms with van der Waals surface area (Å²) in [6, 6.07) is 4.79. The predicted molar refractivity (Wildman–Crippen MR) is 67.3 cm³/mol. The fourth-order valence-electron chi connectivity index (χ4n) is 1.57. The van der Waals surface area contributed by atoms with E-state index in [9.17, 15) is 14.3 Å². The summed E-state index contributed by atoms with van der Waals surface area (Å²) in [5.41, 5.74) is 2.68. The molecule has 1 aromatic carbocycles. The van der Waals surface area contributed by atoms with Gasteiger partial charge in [-0.1, -0.05) is 6.07 Å². The van der Waals surface area contributed by atoms with Crippen molar-refractivity contribution >= 4 is 23.0 Å². The van der Waals surface area contributed by atoms with Crippen molar-refractivity contribution in [3.63, 3.8) is 0 Å². The molecule has 1 heterocycles. The zero-order valence-corrected chi connectivity index (χ0v) is 10.4. The molecule has 2 aromatic rings. The number of aryl methyl sites for hydroxylation is 1. The Morgan fingerprint density at radius 3 is 2.89 bits per heavy atom. The van der Waals surface area contributed by atoms with E-state index in [2.05, 4.69) is 10.3 Å². The highest BCUT2D eigenvalue weighted by molar-refractivity contribution is 7.10. The lowest BCUT2D eigenvalue weighted by Gasteiger charge is -2.14. The molecule has 0 aliphatic rings. The molecule has 4 nitrogen and oxygen atoms in total. The summed E-state index contributed by atoms with van der Waals surface area (Å²) in [4.78, 5) is 15.9. The fraction of sp³-hybridized carbons (Fsp3) is 0.167. The molecule has 0 fully saturated rings. The Kier molecular flexibility index (Phi) is 3.57. The Labute approximate surface area is 107 Å². The van der Waals surface area contributed by atoms with Crippen LogP contribution in [0.1, 0.15) is 16.6 Å². The molecule has 6 heteroatoms. The van der Waals surface area contributed by atoms with Gasteiger partial charge in [-0.2, -0.15) is 0 Å². The number of nitrogens with one attached hydrogen (secondary N) is 1. The number of thiazole rings is 1. The van der Waals surface area contributed by atoms with E-state index in [0.29, 0.717) is 16.3 Å². The minimum atomic E-state index is -1.02. The van der Waals surface area contributed by atoms with Crippen molar-refractivity contribution in [3.05, 3.63) is 46.2 Å². The predicted octanol–water partition coefficient (Wildman–Crippen LogP) is 2.83. The number of carboxylic acids is 1. The van der Waals surface area contributed by atoms with Gasteiger partial charge in [0.1, 0.15) is 5.82 Å². The number of carboxylic acid groups (broad SMARTS) is 1. The Morgan fingerprint density at radius 1 is 1.56 bits per heavy atom. The zero-order valence-electron chi connectivity index (χ0n) is 9.55. The van der Waals surface area contributed by atoms with Crippen molar-refractivity contribution < 1.29 is 14.3 Å². The van der Waals surface area contributed by atoms with Crippen LogP contribution < -0.4 is 5.32 Å². The summed E-state index contributed by atoms with van der Waals surface area (Å²) in [5.74, 6) is -1.43. The third-order valence-electron chi connectivity index (χ3n) is 2.43. The first-order valence-corrected chi connectivity index (χ1v) is 6.11. The molecule has 0 aliphatic heterocycles. The number of hydrogen-bond acceptors (Lipinski definition) is 4. The van der Waals surface area contributed by atoms with Gasteiger partial charge in [0.2, 0.25) is 0 Å². The van der Waals surface area contributed by atoms with E-state index in [0.717, 1.165) is 0 Å². The van der Waals surface area contributed by atoms with Gasteiger partial charge in [0.05, 0.1) is 16.1 Å². The van der Waals surface area contributed by atoms with Crippen molar-refractivity contribution in [1.82, 2.24) is 4.98 Å². The van der Waals surface area contributed by atoms with Gasteiger partial charge in [-0.05, 0) is 25.1 Å². The minimum absolute atomic E-state index is 0.412. The van der Waals surface area contributed by atoms with Gasteiger partial charge in [0, 0.05) is 5.69 Å². The number of anilines is 1. The Bertz CT molecular complexity index is 571. The van der Waals surface area contributed by atoms with Gasteiger partial charge in [0.15, 0.2) is 6.04 Å². The summed E-state index contributed by atoms with van der Waals surface area (Å²) in [5, 5.41) is 12.0. The van der Waals surface area contributed by atoms with Crippen molar-refractivity contribution in [2.24, 2.45) is 0 Å². The lowest BCUT2D eigenvalue weighted by molar-refractivity contribution is -0.138. The molecule has 1 aromatic heterocycles. The summed E-state index contributed by atoms with van der Waals surface area (Å²) >= 11 is 1.26. The SMILES string of the molecule is Cc1ncsc1C(Nc1cccc(F)c1)C(=O)O. The molecule has 94 valence electrons. The molecule has 1 atom stereocenters. The quantitative estimate of drug-likeness (QED) is 0.893. The van der Waals surface area contributed by atoms with Gasteiger partial charge in [0.25, 0.3) is 0 Å². The normalized spacial score (nSPS) is 12.1. The molecule has 0 saturated carbocycles. The maximum Gasteiger partial charge on any atom is 0.331 e. The fourth-order valence-corrected chi connectivity index (χ4v) is 2.42. The molecule has 0 bridgehead atoms. The molecule has 0 amide bonds. The summed E-state index contributed by atoms with van der Waals surface area (Å²) < 4.78 is 13.0. The molecule has 2 rings (SSSR count). The number of aliphatic carboxylic acids is 1. The molecule has 0 aliphatic carbocycles. The molecular weight excluding hydrogens is 255 g/mol. The topological polar surface area (TPSA) is 62.2 Å². The second-order valence-corrected chi connectivity index (χ2v) is 4.61. The van der Waals surface area contributed by atoms with Crippen molar-refractivity contribution in [1.29, 1.82) is 0 Å². The Balaban J connectivity index is 2.28. The smallest absolute Gasteiger partial charge is 0.331 e. The summed E-state index contributed by atoms with van der Waals surface area (Å²) in [6.07, 6.45) is 0. The molecule has 0 radical (unpaired) electrons. The van der Waals surface area contributed by atoms with Crippen molar-refractivity contribution in [3.8, 4) is 0 Å². The summed E-state index contributed by atoms with van der Waals surface area (Å²) in [7, 11) is 0. The van der Waals surface area contributed by atoms with E-state index in [4.69, 9.17) is 0 Å². The standard InChI is InChI=1S/C12H11FN2O2S/c1-7-11(18-6-14-7)10(12(16)17)15-9-4-2-3-8(13)5-9/h2-6,10,15H,1H3,(H,16,17). The number of nitrogens with zero attached hydrogens (tertiary/aromatic N) is 1. The van der Waals surface area contributed by atoms with Crippen LogP contribution in [0.4, 0.5) is 10.1 Å². The van der Waals surface area contributed by atoms with Gasteiger partial charge in [-0.3, -0.25) is 0 Å². The minimum Gasteiger partial charge on any atom is -0.479 e. The largest absolute Gasteiger partial charge is 0.479 e. The average Bonchev–Trinajstić information content (AvgIpc) is 2.72. The van der Waals surface area contributed by atoms with E-state index >= 15 is 0 Å². The van der Waals surface area contributed by atoms with Crippen molar-refractivity contribution in [2.45, 2.75) is 13.0 Å². The highest BCUT2D eigenvalue weighted by Crippen LogP contribution is 2.26. The monoisotopic (exact) mass is 266 g/mol. The maximum absolute atomic E-state index is 13.0. The second kappa shape index (κ2) is 5.14. The number of carbonyl (C=O) groups is 1. The molecule has 0 spiro atoms. The van der Waals surface area contributed by atoms with E-state index < -0.39 is 17.8 Å². The average molecular weight is 266 g/mol. The van der Waals surface area contributed by atoms with E-state index in [1.165, 1.54) is 29.5 Å². The van der Waals surface area contributed by atoms with Crippen LogP contribution in [0.15, 0.2) is 29.8 Å². The first-order valence-electron chi connectivity index (χ1n) is 5.23. The summed E-state index contributed by atoms with van der Waals surface area (Å²) in [6.45, 7) is 1.75. The van der Waals surface area contributed by atoms with Crippen LogP contribution in [0.3, 0.4) is 0 Å². The van der Waals surface area contributed by atoms with Crippen LogP contribution in [0.25, 0.3) is 0 Å². The molecule has 0 saturated heterocycles. The Hall–Kier alpha value is -1.95. The van der Waals surface area contributed by atoms with Gasteiger partial charge in [-0.15, -0.1) is 11.3 Å². The highest BCUT2D eigenvalue weighted by Gasteiger charge is 2.23. The van der Waals surface area contributed by atoms with Gasteiger partial charge < -0.3 is 10.4 Å². The molecule has 1 unspecified atom stereocenters. The van der Waals surface area contributed by atoms with E-state index in [-0.39, 0.29) is 0 Å². The number of aromatic nitrogens is 1. The van der Waals surface area contributed by atoms with Crippen LogP contribution in [-0.2, 0) is 4.79 Å². The zero-order chi connectivity index (χ0) is 13.1. The van der Waals surface area contributed by atoms with Crippen LogP contribution in [-0.4, -0.2) is 16.1 Å². The molecule has 2 N–H and O–H groups in total. The molecule has 18 heavy (non-hydrogen) atoms. The Morgan fingerprint density at radius 2 is 2.33 bits per heavy atom. The van der Waals surface area contributed by atoms with E-state index in [1.807, 2.05) is 0 Å². The third kappa shape index (κ3) is 2.65. The highest BCUT2D eigenvalue weighted by atomic mass is 32.1. The van der Waals surface area contributed by atoms with Crippen LogP contribution in [0.2, 0.25) is 0 Å². The first-order chi connectivity index (χ1) is 8.58. The lowest BCUT2D eigenvalue weighted by Crippen LogP contribution is -2.20. The first kappa shape index (κ1) is 12.5. The number of benzene rings is 1. The lowest BCUT2D eigenvalue weighted by atomic mass is 10.2. The van der Waals surface area contributed by atoms with E-state index in [1.54, 1.807) is 18.5 Å². The molecular formula is C12H11FN2O2S. The third-order valence-corrected chi connectivity index (χ3v) is 3.42. The maximum atomic E-state index is 13.0. The number of rotatable bonds is 4. The van der Waals surface area contributed by atoms with Gasteiger partial charge >= 0.3 is 5.97 Å². The van der Waals surface area contributed by atoms with Crippen LogP contribution in [0, 0.1) is 12.7 Å². The van der Waals surface area contributed by atoms with Crippen LogP contribution in [0.5, 0.6) is 0 Å². The van der Waals surface area contributed by atoms with Gasteiger partial charge in [-0.25, -0.2) is 14.2 Å². The second-order valence-electron chi connectivity index (χ2n) is 3.73. The number of hydrogen-bond donors (Lipinski definition) is 2.